The van der Waals surface area contributed by atoms with Crippen LogP contribution in [0.15, 0.2) is 35.1 Å². The van der Waals surface area contributed by atoms with E-state index >= 15 is 0 Å². The fourth-order valence-electron chi connectivity index (χ4n) is 3.20. The number of nitrogens with one attached hydrogen (secondary N) is 1. The summed E-state index contributed by atoms with van der Waals surface area (Å²) in [7, 11) is -1.55. The van der Waals surface area contributed by atoms with Crippen LogP contribution in [-0.2, 0) is 9.84 Å². The molecule has 144 valence electrons. The van der Waals surface area contributed by atoms with Gasteiger partial charge in [-0.2, -0.15) is 4.98 Å². The van der Waals surface area contributed by atoms with Gasteiger partial charge in [0.05, 0.1) is 17.2 Å². The predicted octanol–water partition coefficient (Wildman–Crippen LogP) is 1.82. The number of hydrogen-bond donors (Lipinski definition) is 1. The Kier molecular flexibility index (Phi) is 5.19. The lowest BCUT2D eigenvalue weighted by Crippen LogP contribution is -2.39. The average molecular weight is 389 g/mol. The number of sulfone groups is 1. The van der Waals surface area contributed by atoms with E-state index in [2.05, 4.69) is 23.8 Å². The van der Waals surface area contributed by atoms with Gasteiger partial charge in [-0.15, -0.1) is 0 Å². The van der Waals surface area contributed by atoms with E-state index in [9.17, 15) is 18.0 Å². The molecule has 3 rings (SSSR count). The quantitative estimate of drug-likeness (QED) is 0.860. The van der Waals surface area contributed by atoms with Crippen molar-refractivity contribution in [3.63, 3.8) is 0 Å². The number of nitrogens with zero attached hydrogens (tertiary/aromatic N) is 2. The molecule has 1 amide bonds. The monoisotopic (exact) mass is 389 g/mol. The Labute approximate surface area is 158 Å². The van der Waals surface area contributed by atoms with Gasteiger partial charge in [-0.05, 0) is 24.0 Å². The Morgan fingerprint density at radius 2 is 1.93 bits per heavy atom. The highest BCUT2D eigenvalue weighted by atomic mass is 32.2. The second-order valence-corrected chi connectivity index (χ2v) is 9.46. The van der Waals surface area contributed by atoms with Gasteiger partial charge in [-0.25, -0.2) is 13.2 Å². The van der Waals surface area contributed by atoms with Gasteiger partial charge in [0, 0.05) is 18.7 Å². The summed E-state index contributed by atoms with van der Waals surface area (Å²) in [6.07, 6.45) is 0.406. The van der Waals surface area contributed by atoms with Crippen LogP contribution in [0.5, 0.6) is 0 Å². The SMILES string of the molecule is CC(C)c1ccc(-c2cc(C(=O)N(C)C3CCS(=O)(=O)C3)[nH]c(=O)n2)cc1. The maximum Gasteiger partial charge on any atom is 0.346 e. The summed E-state index contributed by atoms with van der Waals surface area (Å²) in [5.41, 5.74) is 1.80. The molecule has 2 aromatic rings. The largest absolute Gasteiger partial charge is 0.346 e. The fraction of sp³-hybridized carbons (Fsp3) is 0.421. The first-order chi connectivity index (χ1) is 12.7. The predicted molar refractivity (Wildman–Crippen MR) is 104 cm³/mol. The Balaban J connectivity index is 1.89. The molecule has 1 aromatic carbocycles. The van der Waals surface area contributed by atoms with Gasteiger partial charge in [-0.1, -0.05) is 38.1 Å². The highest BCUT2D eigenvalue weighted by Gasteiger charge is 2.33. The van der Waals surface area contributed by atoms with Gasteiger partial charge in [0.2, 0.25) is 0 Å². The molecule has 0 spiro atoms. The minimum atomic E-state index is -3.10. The van der Waals surface area contributed by atoms with E-state index in [1.54, 1.807) is 7.05 Å². The maximum absolute atomic E-state index is 12.8. The summed E-state index contributed by atoms with van der Waals surface area (Å²) >= 11 is 0. The number of benzene rings is 1. The van der Waals surface area contributed by atoms with Crippen LogP contribution in [0.25, 0.3) is 11.3 Å². The number of hydrogen-bond acceptors (Lipinski definition) is 5. The smallest absolute Gasteiger partial charge is 0.336 e. The van der Waals surface area contributed by atoms with Crippen LogP contribution in [0.4, 0.5) is 0 Å². The molecule has 0 radical (unpaired) electrons. The van der Waals surface area contributed by atoms with E-state index in [1.165, 1.54) is 16.5 Å². The number of amides is 1. The lowest BCUT2D eigenvalue weighted by molar-refractivity contribution is 0.0741. The average Bonchev–Trinajstić information content (AvgIpc) is 3.00. The van der Waals surface area contributed by atoms with Gasteiger partial charge in [0.1, 0.15) is 5.69 Å². The van der Waals surface area contributed by atoms with E-state index in [0.29, 0.717) is 18.0 Å². The number of aromatic nitrogens is 2. The zero-order valence-electron chi connectivity index (χ0n) is 15.6. The summed E-state index contributed by atoms with van der Waals surface area (Å²) in [6, 6.07) is 8.85. The highest BCUT2D eigenvalue weighted by molar-refractivity contribution is 7.91. The van der Waals surface area contributed by atoms with Crippen LogP contribution >= 0.6 is 0 Å². The third-order valence-electron chi connectivity index (χ3n) is 4.92. The molecule has 1 fully saturated rings. The first-order valence-electron chi connectivity index (χ1n) is 8.85. The zero-order valence-corrected chi connectivity index (χ0v) is 16.4. The van der Waals surface area contributed by atoms with Crippen LogP contribution in [0.3, 0.4) is 0 Å². The lowest BCUT2D eigenvalue weighted by atomic mass is 10.0. The molecular weight excluding hydrogens is 366 g/mol. The fourth-order valence-corrected chi connectivity index (χ4v) is 4.97. The summed E-state index contributed by atoms with van der Waals surface area (Å²) in [5.74, 6) is 0.000237. The van der Waals surface area contributed by atoms with Gasteiger partial charge in [0.15, 0.2) is 9.84 Å². The molecule has 1 aliphatic heterocycles. The molecule has 7 nitrogen and oxygen atoms in total. The Hall–Kier alpha value is -2.48. The van der Waals surface area contributed by atoms with E-state index in [1.807, 2.05) is 24.3 Å². The van der Waals surface area contributed by atoms with E-state index in [-0.39, 0.29) is 23.2 Å². The first kappa shape index (κ1) is 19.3. The summed E-state index contributed by atoms with van der Waals surface area (Å²) in [4.78, 5) is 32.6. The molecule has 1 aliphatic rings. The van der Waals surface area contributed by atoms with Gasteiger partial charge >= 0.3 is 5.69 Å². The molecule has 0 saturated carbocycles. The van der Waals surface area contributed by atoms with Gasteiger partial charge in [-0.3, -0.25) is 4.79 Å². The number of carbonyl (C=O) groups is 1. The molecule has 1 aromatic heterocycles. The number of aromatic amines is 1. The molecule has 0 aliphatic carbocycles. The molecule has 0 bridgehead atoms. The summed E-state index contributed by atoms with van der Waals surface area (Å²) < 4.78 is 23.3. The number of H-pyrrole nitrogens is 1. The molecule has 2 heterocycles. The maximum atomic E-state index is 12.8. The van der Waals surface area contributed by atoms with Crippen molar-refractivity contribution in [2.45, 2.75) is 32.2 Å². The minimum absolute atomic E-state index is 0.0475. The number of rotatable bonds is 4. The molecule has 8 heteroatoms. The van der Waals surface area contributed by atoms with Crippen LogP contribution < -0.4 is 5.69 Å². The normalized spacial score (nSPS) is 18.6. The van der Waals surface area contributed by atoms with Gasteiger partial charge < -0.3 is 9.88 Å². The standard InChI is InChI=1S/C19H23N3O4S/c1-12(2)13-4-6-14(7-5-13)16-10-17(21-19(24)20-16)18(23)22(3)15-8-9-27(25,26)11-15/h4-7,10,12,15H,8-9,11H2,1-3H3,(H,20,21,24). The van der Waals surface area contributed by atoms with Crippen LogP contribution in [0.2, 0.25) is 0 Å². The highest BCUT2D eigenvalue weighted by Crippen LogP contribution is 2.22. The second kappa shape index (κ2) is 7.26. The minimum Gasteiger partial charge on any atom is -0.336 e. The Morgan fingerprint density at radius 3 is 2.48 bits per heavy atom. The summed E-state index contributed by atoms with van der Waals surface area (Å²) in [6.45, 7) is 4.19. The molecule has 1 unspecified atom stereocenters. The second-order valence-electron chi connectivity index (χ2n) is 7.23. The van der Waals surface area contributed by atoms with E-state index in [4.69, 9.17) is 0 Å². The first-order valence-corrected chi connectivity index (χ1v) is 10.7. The van der Waals surface area contributed by atoms with Crippen molar-refractivity contribution in [1.29, 1.82) is 0 Å². The Bertz CT molecular complexity index is 1010. The third kappa shape index (κ3) is 4.27. The van der Waals surface area contributed by atoms with Crippen LogP contribution in [0.1, 0.15) is 42.2 Å². The molecule has 1 atom stereocenters. The molecular formula is C19H23N3O4S. The van der Waals surface area contributed by atoms with Crippen molar-refractivity contribution in [1.82, 2.24) is 14.9 Å². The van der Waals surface area contributed by atoms with Crippen molar-refractivity contribution in [2.24, 2.45) is 0 Å². The van der Waals surface area contributed by atoms with Crippen molar-refractivity contribution < 1.29 is 13.2 Å². The molecule has 1 saturated heterocycles. The topological polar surface area (TPSA) is 100 Å². The van der Waals surface area contributed by atoms with Gasteiger partial charge in [0.25, 0.3) is 5.91 Å². The zero-order chi connectivity index (χ0) is 19.8. The molecule has 27 heavy (non-hydrogen) atoms. The Morgan fingerprint density at radius 1 is 1.26 bits per heavy atom. The lowest BCUT2D eigenvalue weighted by Gasteiger charge is -2.23. The third-order valence-corrected chi connectivity index (χ3v) is 6.67. The molecule has 1 N–H and O–H groups in total. The van der Waals surface area contributed by atoms with E-state index < -0.39 is 21.4 Å². The van der Waals surface area contributed by atoms with E-state index in [0.717, 1.165) is 5.56 Å². The van der Waals surface area contributed by atoms with Crippen molar-refractivity contribution in [3.8, 4) is 11.3 Å². The number of carbonyl (C=O) groups excluding carboxylic acids is 1. The van der Waals surface area contributed by atoms with Crippen LogP contribution in [0, 0.1) is 0 Å². The van der Waals surface area contributed by atoms with Crippen molar-refractivity contribution >= 4 is 15.7 Å². The van der Waals surface area contributed by atoms with Crippen molar-refractivity contribution in [3.05, 3.63) is 52.1 Å². The van der Waals surface area contributed by atoms with Crippen LogP contribution in [-0.4, -0.2) is 53.8 Å². The summed E-state index contributed by atoms with van der Waals surface area (Å²) in [5, 5.41) is 0. The van der Waals surface area contributed by atoms with Crippen molar-refractivity contribution in [2.75, 3.05) is 18.6 Å².